The van der Waals surface area contributed by atoms with Crippen LogP contribution in [0.2, 0.25) is 0 Å². The average Bonchev–Trinajstić information content (AvgIpc) is 2.70. The molecule has 1 aromatic heterocycles. The maximum Gasteiger partial charge on any atom is 0.254 e. The highest BCUT2D eigenvalue weighted by atomic mass is 16.5. The minimum atomic E-state index is -0.332. The zero-order valence-electron chi connectivity index (χ0n) is 15.3. The van der Waals surface area contributed by atoms with Gasteiger partial charge in [-0.15, -0.1) is 6.42 Å². The summed E-state index contributed by atoms with van der Waals surface area (Å²) in [6, 6.07) is 17.5. The van der Waals surface area contributed by atoms with Crippen molar-refractivity contribution in [1.29, 1.82) is 0 Å². The fraction of sp³-hybridized carbons (Fsp3) is 0.182. The summed E-state index contributed by atoms with van der Waals surface area (Å²) in [5, 5.41) is 0. The summed E-state index contributed by atoms with van der Waals surface area (Å²) in [7, 11) is 3.23. The van der Waals surface area contributed by atoms with E-state index in [-0.39, 0.29) is 17.4 Å². The summed E-state index contributed by atoms with van der Waals surface area (Å²) in [6.07, 6.45) is 6.29. The fourth-order valence-electron chi connectivity index (χ4n) is 2.92. The third-order valence-corrected chi connectivity index (χ3v) is 4.52. The molecule has 0 radical (unpaired) electrons. The lowest BCUT2D eigenvalue weighted by molar-refractivity contribution is 0.415. The molecular weight excluding hydrogens is 338 g/mol. The van der Waals surface area contributed by atoms with E-state index in [1.165, 1.54) is 10.6 Å². The SMILES string of the molecule is C#C[C@@H](Cc1cccc(-c2cccc(OC)c2)c1)c1cc(=O)n(C)c(N)n1. The highest BCUT2D eigenvalue weighted by Crippen LogP contribution is 2.26. The van der Waals surface area contributed by atoms with Crippen LogP contribution in [0.25, 0.3) is 11.1 Å². The number of methoxy groups -OCH3 is 1. The third kappa shape index (κ3) is 4.01. The Morgan fingerprint density at radius 1 is 1.19 bits per heavy atom. The standard InChI is InChI=1S/C22H21N3O2/c1-4-16(20-14-21(26)25(2)22(23)24-20)11-15-7-5-8-17(12-15)18-9-6-10-19(13-18)27-3/h1,5-10,12-14,16H,11H2,2-3H3,(H2,23,24)/t16-/m0/s1. The lowest BCUT2D eigenvalue weighted by Gasteiger charge is -2.13. The maximum absolute atomic E-state index is 12.0. The van der Waals surface area contributed by atoms with Gasteiger partial charge in [-0.05, 0) is 35.2 Å². The number of hydrogen-bond donors (Lipinski definition) is 1. The molecule has 0 aliphatic rings. The van der Waals surface area contributed by atoms with E-state index in [1.807, 2.05) is 42.5 Å². The van der Waals surface area contributed by atoms with Gasteiger partial charge in [-0.3, -0.25) is 9.36 Å². The topological polar surface area (TPSA) is 70.1 Å². The first-order valence-corrected chi connectivity index (χ1v) is 8.54. The van der Waals surface area contributed by atoms with Crippen molar-refractivity contribution < 1.29 is 4.74 Å². The molecule has 3 aromatic rings. The van der Waals surface area contributed by atoms with Gasteiger partial charge >= 0.3 is 0 Å². The van der Waals surface area contributed by atoms with Gasteiger partial charge < -0.3 is 10.5 Å². The van der Waals surface area contributed by atoms with Crippen LogP contribution in [0.3, 0.4) is 0 Å². The van der Waals surface area contributed by atoms with Crippen molar-refractivity contribution in [2.45, 2.75) is 12.3 Å². The molecule has 0 saturated carbocycles. The molecule has 2 aromatic carbocycles. The first-order valence-electron chi connectivity index (χ1n) is 8.54. The quantitative estimate of drug-likeness (QED) is 0.711. The molecule has 0 fully saturated rings. The summed E-state index contributed by atoms with van der Waals surface area (Å²) in [4.78, 5) is 16.3. The first-order chi connectivity index (χ1) is 13.0. The zero-order valence-corrected chi connectivity index (χ0v) is 15.3. The van der Waals surface area contributed by atoms with Gasteiger partial charge in [0.2, 0.25) is 5.95 Å². The van der Waals surface area contributed by atoms with E-state index in [9.17, 15) is 4.79 Å². The number of nitrogens with zero attached hydrogens (tertiary/aromatic N) is 2. The summed E-state index contributed by atoms with van der Waals surface area (Å²) in [5.41, 5.74) is 9.29. The van der Waals surface area contributed by atoms with Crippen molar-refractivity contribution in [2.75, 3.05) is 12.8 Å². The summed E-state index contributed by atoms with van der Waals surface area (Å²) in [5.74, 6) is 3.36. The molecule has 0 aliphatic heterocycles. The van der Waals surface area contributed by atoms with Gasteiger partial charge in [-0.2, -0.15) is 0 Å². The van der Waals surface area contributed by atoms with Crippen molar-refractivity contribution >= 4 is 5.95 Å². The summed E-state index contributed by atoms with van der Waals surface area (Å²) >= 11 is 0. The van der Waals surface area contributed by atoms with Gasteiger partial charge in [0.05, 0.1) is 18.7 Å². The van der Waals surface area contributed by atoms with Crippen LogP contribution in [0, 0.1) is 12.3 Å². The molecule has 0 amide bonds. The van der Waals surface area contributed by atoms with Crippen molar-refractivity contribution in [1.82, 2.24) is 9.55 Å². The van der Waals surface area contributed by atoms with Crippen molar-refractivity contribution in [2.24, 2.45) is 7.05 Å². The minimum absolute atomic E-state index is 0.155. The van der Waals surface area contributed by atoms with E-state index in [0.29, 0.717) is 12.1 Å². The number of hydrogen-bond acceptors (Lipinski definition) is 4. The second-order valence-corrected chi connectivity index (χ2v) is 6.29. The summed E-state index contributed by atoms with van der Waals surface area (Å²) < 4.78 is 6.59. The molecule has 2 N–H and O–H groups in total. The number of benzene rings is 2. The lowest BCUT2D eigenvalue weighted by atomic mass is 9.94. The molecule has 0 aliphatic carbocycles. The van der Waals surface area contributed by atoms with Gasteiger partial charge in [0.15, 0.2) is 0 Å². The highest BCUT2D eigenvalue weighted by molar-refractivity contribution is 5.65. The highest BCUT2D eigenvalue weighted by Gasteiger charge is 2.14. The molecule has 0 spiro atoms. The Hall–Kier alpha value is -3.52. The largest absolute Gasteiger partial charge is 0.497 e. The van der Waals surface area contributed by atoms with E-state index >= 15 is 0 Å². The molecule has 0 saturated heterocycles. The maximum atomic E-state index is 12.0. The number of aromatic nitrogens is 2. The van der Waals surface area contributed by atoms with E-state index in [2.05, 4.69) is 17.0 Å². The van der Waals surface area contributed by atoms with Crippen LogP contribution in [-0.4, -0.2) is 16.7 Å². The molecule has 0 unspecified atom stereocenters. The fourth-order valence-corrected chi connectivity index (χ4v) is 2.92. The van der Waals surface area contributed by atoms with E-state index in [0.717, 1.165) is 22.4 Å². The lowest BCUT2D eigenvalue weighted by Crippen LogP contribution is -2.23. The zero-order chi connectivity index (χ0) is 19.4. The molecule has 1 atom stereocenters. The molecule has 27 heavy (non-hydrogen) atoms. The van der Waals surface area contributed by atoms with E-state index in [1.54, 1.807) is 14.2 Å². The van der Waals surface area contributed by atoms with Crippen LogP contribution in [0.1, 0.15) is 17.2 Å². The Bertz CT molecular complexity index is 1060. The Kier molecular flexibility index (Phi) is 5.28. The van der Waals surface area contributed by atoms with Crippen LogP contribution in [0.15, 0.2) is 59.4 Å². The number of rotatable bonds is 5. The number of anilines is 1. The van der Waals surface area contributed by atoms with Crippen LogP contribution >= 0.6 is 0 Å². The van der Waals surface area contributed by atoms with Crippen LogP contribution in [0.4, 0.5) is 5.95 Å². The Morgan fingerprint density at radius 2 is 1.89 bits per heavy atom. The van der Waals surface area contributed by atoms with Crippen molar-refractivity contribution in [3.05, 3.63) is 76.2 Å². The van der Waals surface area contributed by atoms with Crippen LogP contribution < -0.4 is 16.0 Å². The predicted octanol–water partition coefficient (Wildman–Crippen LogP) is 3.00. The Morgan fingerprint density at radius 3 is 2.56 bits per heavy atom. The van der Waals surface area contributed by atoms with Crippen molar-refractivity contribution in [3.63, 3.8) is 0 Å². The minimum Gasteiger partial charge on any atom is -0.497 e. The molecule has 136 valence electrons. The molecule has 5 nitrogen and oxygen atoms in total. The number of terminal acetylenes is 1. The van der Waals surface area contributed by atoms with Gasteiger partial charge in [-0.25, -0.2) is 4.98 Å². The van der Waals surface area contributed by atoms with Gasteiger partial charge in [0.1, 0.15) is 5.75 Å². The Labute approximate surface area is 158 Å². The third-order valence-electron chi connectivity index (χ3n) is 4.52. The monoisotopic (exact) mass is 359 g/mol. The second-order valence-electron chi connectivity index (χ2n) is 6.29. The number of ether oxygens (including phenoxy) is 1. The normalized spacial score (nSPS) is 11.6. The average molecular weight is 359 g/mol. The van der Waals surface area contributed by atoms with Crippen LogP contribution in [0.5, 0.6) is 5.75 Å². The molecule has 5 heteroatoms. The second kappa shape index (κ2) is 7.79. The molecule has 0 bridgehead atoms. The smallest absolute Gasteiger partial charge is 0.254 e. The molecule has 1 heterocycles. The van der Waals surface area contributed by atoms with Gasteiger partial charge in [-0.1, -0.05) is 42.3 Å². The van der Waals surface area contributed by atoms with E-state index < -0.39 is 0 Å². The van der Waals surface area contributed by atoms with E-state index in [4.69, 9.17) is 16.9 Å². The Balaban J connectivity index is 1.91. The van der Waals surface area contributed by atoms with Crippen molar-refractivity contribution in [3.8, 4) is 29.2 Å². The predicted molar refractivity (Wildman–Crippen MR) is 108 cm³/mol. The molecular formula is C22H21N3O2. The number of nitrogens with two attached hydrogens (primary N) is 1. The number of nitrogen functional groups attached to an aromatic ring is 1. The van der Waals surface area contributed by atoms with Gasteiger partial charge in [0, 0.05) is 13.1 Å². The first kappa shape index (κ1) is 18.3. The molecule has 3 rings (SSSR count). The summed E-state index contributed by atoms with van der Waals surface area (Å²) in [6.45, 7) is 0. The van der Waals surface area contributed by atoms with Crippen LogP contribution in [-0.2, 0) is 13.5 Å². The van der Waals surface area contributed by atoms with Gasteiger partial charge in [0.25, 0.3) is 5.56 Å².